The van der Waals surface area contributed by atoms with Crippen LogP contribution in [0.15, 0.2) is 0 Å². The summed E-state index contributed by atoms with van der Waals surface area (Å²) in [6.45, 7) is 4.58. The van der Waals surface area contributed by atoms with Crippen molar-refractivity contribution in [3.8, 4) is 0 Å². The van der Waals surface area contributed by atoms with Crippen LogP contribution in [0.3, 0.4) is 0 Å². The summed E-state index contributed by atoms with van der Waals surface area (Å²) < 4.78 is 37.2. The van der Waals surface area contributed by atoms with Crippen LogP contribution in [0.2, 0.25) is 0 Å². The maximum absolute atomic E-state index is 10.9. The molecule has 0 bridgehead atoms. The van der Waals surface area contributed by atoms with E-state index in [9.17, 15) is 13.0 Å². The smallest absolute Gasteiger partial charge is 0.726 e. The second kappa shape index (κ2) is 28.1. The second-order valence-corrected chi connectivity index (χ2v) is 10.9. The molecule has 0 fully saturated rings. The molecule has 0 aliphatic heterocycles. The molecule has 0 spiro atoms. The summed E-state index contributed by atoms with van der Waals surface area (Å²) in [5, 5.41) is 0. The Balaban J connectivity index is 0. The third kappa shape index (κ3) is 31.5. The molecule has 0 saturated carbocycles. The SMILES string of the molecule is CCCCCCCCCCCCCCC(CCCCCCCCCCC)COS(=O)(=O)[O-].[K+]. The van der Waals surface area contributed by atoms with Crippen LogP contribution < -0.4 is 51.4 Å². The Labute approximate surface area is 250 Å². The Morgan fingerprint density at radius 3 is 1.09 bits per heavy atom. The molecule has 6 heteroatoms. The van der Waals surface area contributed by atoms with Crippen molar-refractivity contribution < 1.29 is 68.5 Å². The van der Waals surface area contributed by atoms with Crippen molar-refractivity contribution >= 4 is 10.4 Å². The Hall–Kier alpha value is 1.51. The van der Waals surface area contributed by atoms with E-state index in [-0.39, 0.29) is 63.9 Å². The molecule has 194 valence electrons. The molecule has 33 heavy (non-hydrogen) atoms. The van der Waals surface area contributed by atoms with Crippen LogP contribution in [-0.2, 0) is 14.6 Å². The van der Waals surface area contributed by atoms with Gasteiger partial charge in [0.1, 0.15) is 0 Å². The maximum Gasteiger partial charge on any atom is 1.00 e. The molecule has 0 saturated heterocycles. The van der Waals surface area contributed by atoms with Crippen LogP contribution in [0.25, 0.3) is 0 Å². The molecule has 0 aromatic heterocycles. The number of hydrogen-bond acceptors (Lipinski definition) is 4. The third-order valence-electron chi connectivity index (χ3n) is 6.63. The van der Waals surface area contributed by atoms with Gasteiger partial charge in [-0.25, -0.2) is 8.42 Å². The second-order valence-electron chi connectivity index (χ2n) is 9.85. The zero-order valence-electron chi connectivity index (χ0n) is 22.6. The predicted molar refractivity (Wildman–Crippen MR) is 137 cm³/mol. The van der Waals surface area contributed by atoms with E-state index in [4.69, 9.17) is 0 Å². The molecular weight excluding hydrogens is 459 g/mol. The Morgan fingerprint density at radius 2 is 0.818 bits per heavy atom. The van der Waals surface area contributed by atoms with E-state index in [1.54, 1.807) is 0 Å². The first-order chi connectivity index (χ1) is 15.5. The minimum Gasteiger partial charge on any atom is -0.726 e. The first-order valence-corrected chi connectivity index (χ1v) is 15.4. The van der Waals surface area contributed by atoms with Gasteiger partial charge in [-0.15, -0.1) is 0 Å². The summed E-state index contributed by atoms with van der Waals surface area (Å²) in [4.78, 5) is 0. The van der Waals surface area contributed by atoms with E-state index >= 15 is 0 Å². The monoisotopic (exact) mass is 514 g/mol. The fraction of sp³-hybridized carbons (Fsp3) is 1.00. The van der Waals surface area contributed by atoms with E-state index in [0.717, 1.165) is 25.7 Å². The van der Waals surface area contributed by atoms with Crippen molar-refractivity contribution in [2.45, 2.75) is 162 Å². The fourth-order valence-corrected chi connectivity index (χ4v) is 4.87. The molecule has 1 unspecified atom stereocenters. The van der Waals surface area contributed by atoms with Crippen molar-refractivity contribution in [1.82, 2.24) is 0 Å². The predicted octanol–water partition coefficient (Wildman–Crippen LogP) is 6.10. The third-order valence-corrected chi connectivity index (χ3v) is 7.05. The van der Waals surface area contributed by atoms with Crippen LogP contribution >= 0.6 is 0 Å². The van der Waals surface area contributed by atoms with Gasteiger partial charge < -0.3 is 4.55 Å². The van der Waals surface area contributed by atoms with Gasteiger partial charge in [0.15, 0.2) is 0 Å². The number of unbranched alkanes of at least 4 members (excludes halogenated alkanes) is 19. The van der Waals surface area contributed by atoms with Gasteiger partial charge in [-0.05, 0) is 18.8 Å². The summed E-state index contributed by atoms with van der Waals surface area (Å²) >= 11 is 0. The molecule has 1 atom stereocenters. The van der Waals surface area contributed by atoms with Crippen molar-refractivity contribution in [2.24, 2.45) is 5.92 Å². The number of rotatable bonds is 26. The Morgan fingerprint density at radius 1 is 0.545 bits per heavy atom. The summed E-state index contributed by atoms with van der Waals surface area (Å²) in [5.41, 5.74) is 0. The zero-order chi connectivity index (χ0) is 23.8. The van der Waals surface area contributed by atoms with Gasteiger partial charge in [0.25, 0.3) is 0 Å². The molecule has 0 aliphatic carbocycles. The molecule has 0 N–H and O–H groups in total. The summed E-state index contributed by atoms with van der Waals surface area (Å²) in [5.74, 6) is 0.200. The largest absolute Gasteiger partial charge is 1.00 e. The van der Waals surface area contributed by atoms with Crippen molar-refractivity contribution in [2.75, 3.05) is 6.61 Å². The first-order valence-electron chi connectivity index (χ1n) is 14.1. The zero-order valence-corrected chi connectivity index (χ0v) is 26.5. The van der Waals surface area contributed by atoms with Crippen molar-refractivity contribution in [3.05, 3.63) is 0 Å². The van der Waals surface area contributed by atoms with E-state index in [0.29, 0.717) is 0 Å². The quantitative estimate of drug-likeness (QED) is 0.0606. The van der Waals surface area contributed by atoms with Gasteiger partial charge in [-0.2, -0.15) is 0 Å². The van der Waals surface area contributed by atoms with E-state index in [2.05, 4.69) is 18.0 Å². The molecule has 0 aliphatic rings. The molecule has 0 rings (SSSR count). The molecular formula is C27H55KO4S. The molecule has 0 radical (unpaired) electrons. The fourth-order valence-electron chi connectivity index (χ4n) is 4.51. The van der Waals surface area contributed by atoms with Crippen LogP contribution in [0.4, 0.5) is 0 Å². The van der Waals surface area contributed by atoms with Gasteiger partial charge in [-0.1, -0.05) is 149 Å². The average Bonchev–Trinajstić information content (AvgIpc) is 2.75. The molecule has 0 aromatic rings. The Kier molecular flexibility index (Phi) is 31.2. The normalized spacial score (nSPS) is 12.6. The standard InChI is InChI=1S/C27H56O4S.K/c1-3-5-7-9-11-13-14-15-17-19-21-23-25-27(26-31-32(28,29)30)24-22-20-18-16-12-10-8-6-4-2;/h27H,3-26H2,1-2H3,(H,28,29,30);/q;+1/p-1. The van der Waals surface area contributed by atoms with E-state index in [1.807, 2.05) is 0 Å². The average molecular weight is 515 g/mol. The first kappa shape index (κ1) is 36.7. The molecule has 4 nitrogen and oxygen atoms in total. The van der Waals surface area contributed by atoms with E-state index in [1.165, 1.54) is 122 Å². The van der Waals surface area contributed by atoms with Crippen LogP contribution in [0, 0.1) is 5.92 Å². The van der Waals surface area contributed by atoms with Crippen molar-refractivity contribution in [1.29, 1.82) is 0 Å². The minimum absolute atomic E-state index is 0. The van der Waals surface area contributed by atoms with Crippen LogP contribution in [0.5, 0.6) is 0 Å². The van der Waals surface area contributed by atoms with Gasteiger partial charge in [0, 0.05) is 0 Å². The van der Waals surface area contributed by atoms with Gasteiger partial charge in [-0.3, -0.25) is 4.18 Å². The van der Waals surface area contributed by atoms with Gasteiger partial charge in [0.2, 0.25) is 10.4 Å². The summed E-state index contributed by atoms with van der Waals surface area (Å²) in [7, 11) is -4.58. The topological polar surface area (TPSA) is 66.4 Å². The maximum atomic E-state index is 10.9. The van der Waals surface area contributed by atoms with Crippen LogP contribution in [0.1, 0.15) is 162 Å². The summed E-state index contributed by atoms with van der Waals surface area (Å²) in [6.07, 6.45) is 29.4. The summed E-state index contributed by atoms with van der Waals surface area (Å²) in [6, 6.07) is 0. The minimum atomic E-state index is -4.58. The van der Waals surface area contributed by atoms with Crippen molar-refractivity contribution in [3.63, 3.8) is 0 Å². The van der Waals surface area contributed by atoms with Gasteiger partial charge in [0.05, 0.1) is 6.61 Å². The number of hydrogen-bond donors (Lipinski definition) is 0. The van der Waals surface area contributed by atoms with Gasteiger partial charge >= 0.3 is 51.4 Å². The molecule has 0 amide bonds. The molecule has 0 heterocycles. The van der Waals surface area contributed by atoms with Crippen LogP contribution in [-0.4, -0.2) is 19.6 Å². The van der Waals surface area contributed by atoms with E-state index < -0.39 is 10.4 Å². The molecule has 0 aromatic carbocycles. The Bertz CT molecular complexity index is 471.